The van der Waals surface area contributed by atoms with Gasteiger partial charge in [0.05, 0.1) is 0 Å². The topological polar surface area (TPSA) is 0 Å². The molecule has 0 bridgehead atoms. The molecular weight excluding hydrogens is 360 g/mol. The average molecular weight is 409 g/mol. The largest absolute Gasteiger partial charge is 0.0856 e. The highest BCUT2D eigenvalue weighted by molar-refractivity contribution is 5.24. The quantitative estimate of drug-likeness (QED) is 0.368. The van der Waals surface area contributed by atoms with Gasteiger partial charge in [0.2, 0.25) is 0 Å². The van der Waals surface area contributed by atoms with Gasteiger partial charge in [0, 0.05) is 0 Å². The van der Waals surface area contributed by atoms with Gasteiger partial charge in [0.25, 0.3) is 0 Å². The van der Waals surface area contributed by atoms with Gasteiger partial charge in [-0.2, -0.15) is 0 Å². The zero-order valence-corrected chi connectivity index (χ0v) is 21.1. The molecular formula is C30H48. The summed E-state index contributed by atoms with van der Waals surface area (Å²) in [5.41, 5.74) is 8.36. The van der Waals surface area contributed by atoms with Crippen molar-refractivity contribution in [3.63, 3.8) is 0 Å². The van der Waals surface area contributed by atoms with E-state index in [0.29, 0.717) is 11.3 Å². The van der Waals surface area contributed by atoms with Gasteiger partial charge in [-0.1, -0.05) is 72.1 Å². The Labute approximate surface area is 188 Å². The van der Waals surface area contributed by atoms with E-state index in [1.807, 2.05) is 0 Å². The van der Waals surface area contributed by atoms with Crippen LogP contribution in [0.1, 0.15) is 113 Å². The number of allylic oxidation sites excluding steroid dienone is 10. The molecule has 0 radical (unpaired) electrons. The highest BCUT2D eigenvalue weighted by Gasteiger charge is 2.40. The fourth-order valence-corrected chi connectivity index (χ4v) is 5.29. The third-order valence-corrected chi connectivity index (χ3v) is 7.58. The van der Waals surface area contributed by atoms with E-state index in [4.69, 9.17) is 0 Å². The first-order valence-corrected chi connectivity index (χ1v) is 12.5. The van der Waals surface area contributed by atoms with E-state index in [1.54, 1.807) is 22.3 Å². The molecule has 0 saturated carbocycles. The molecule has 1 unspecified atom stereocenters. The summed E-state index contributed by atoms with van der Waals surface area (Å²) in [5.74, 6) is 1.46. The van der Waals surface area contributed by atoms with Crippen molar-refractivity contribution in [1.82, 2.24) is 0 Å². The lowest BCUT2D eigenvalue weighted by Gasteiger charge is -2.35. The van der Waals surface area contributed by atoms with E-state index in [9.17, 15) is 0 Å². The minimum absolute atomic E-state index is 0.422. The molecule has 0 aromatic carbocycles. The number of fused-ring (bicyclic) bond motifs is 1. The van der Waals surface area contributed by atoms with Crippen molar-refractivity contribution in [2.75, 3.05) is 0 Å². The van der Waals surface area contributed by atoms with Gasteiger partial charge in [-0.05, 0) is 116 Å². The van der Waals surface area contributed by atoms with E-state index in [1.165, 1.54) is 69.8 Å². The predicted octanol–water partition coefficient (Wildman–Crippen LogP) is 9.90. The molecule has 0 aromatic heterocycles. The highest BCUT2D eigenvalue weighted by Crippen LogP contribution is 2.51. The Morgan fingerprint density at radius 1 is 1.00 bits per heavy atom. The Kier molecular flexibility index (Phi) is 9.92. The van der Waals surface area contributed by atoms with Crippen molar-refractivity contribution in [2.45, 2.75) is 113 Å². The standard InChI is InChI=1S/C30H48/c1-23(2)11-8-12-24(3)15-10-16-27(6)28-20-22-30(7)21-19-26(5)14-9-13-25(4)17-18-29(28)30/h11,13,15,19-20,27,29H,8-10,12,14,16-18,21-22H2,1-7H3/b24-15+,25-13+,26-19+/t27?,29-,30-/m0/s1. The fourth-order valence-electron chi connectivity index (χ4n) is 5.29. The maximum atomic E-state index is 2.63. The number of hydrogen-bond donors (Lipinski definition) is 0. The van der Waals surface area contributed by atoms with Gasteiger partial charge in [-0.15, -0.1) is 0 Å². The van der Waals surface area contributed by atoms with Crippen molar-refractivity contribution < 1.29 is 0 Å². The van der Waals surface area contributed by atoms with Crippen LogP contribution < -0.4 is 0 Å². The smallest absolute Gasteiger partial charge is 0.0138 e. The lowest BCUT2D eigenvalue weighted by atomic mass is 9.69. The summed E-state index contributed by atoms with van der Waals surface area (Å²) < 4.78 is 0. The molecule has 2 aliphatic carbocycles. The predicted molar refractivity (Wildman–Crippen MR) is 136 cm³/mol. The third kappa shape index (κ3) is 7.75. The van der Waals surface area contributed by atoms with Crippen LogP contribution >= 0.6 is 0 Å². The van der Waals surface area contributed by atoms with E-state index in [0.717, 1.165) is 5.92 Å². The number of rotatable bonds is 7. The Balaban J connectivity index is 2.01. The minimum Gasteiger partial charge on any atom is -0.0856 e. The van der Waals surface area contributed by atoms with Crippen molar-refractivity contribution in [3.8, 4) is 0 Å². The molecule has 30 heavy (non-hydrogen) atoms. The molecule has 0 N–H and O–H groups in total. The van der Waals surface area contributed by atoms with Gasteiger partial charge >= 0.3 is 0 Å². The first kappa shape index (κ1) is 25.0. The van der Waals surface area contributed by atoms with Crippen LogP contribution in [0.15, 0.2) is 58.2 Å². The Bertz CT molecular complexity index is 704. The van der Waals surface area contributed by atoms with E-state index in [-0.39, 0.29) is 0 Å². The number of hydrogen-bond acceptors (Lipinski definition) is 0. The van der Waals surface area contributed by atoms with Gasteiger partial charge in [0.1, 0.15) is 0 Å². The first-order valence-electron chi connectivity index (χ1n) is 12.5. The zero-order valence-electron chi connectivity index (χ0n) is 21.1. The minimum atomic E-state index is 0.422. The zero-order chi connectivity index (χ0) is 22.1. The average Bonchev–Trinajstić information content (AvgIpc) is 3.00. The molecule has 2 rings (SSSR count). The Morgan fingerprint density at radius 3 is 2.43 bits per heavy atom. The molecule has 0 amide bonds. The summed E-state index contributed by atoms with van der Waals surface area (Å²) >= 11 is 0. The summed E-state index contributed by atoms with van der Waals surface area (Å²) in [6, 6.07) is 0. The monoisotopic (exact) mass is 408 g/mol. The molecule has 0 aromatic rings. The Hall–Kier alpha value is -1.30. The molecule has 0 saturated heterocycles. The van der Waals surface area contributed by atoms with Crippen LogP contribution in [0.5, 0.6) is 0 Å². The Morgan fingerprint density at radius 2 is 1.70 bits per heavy atom. The molecule has 168 valence electrons. The van der Waals surface area contributed by atoms with Crippen LogP contribution in [0.4, 0.5) is 0 Å². The van der Waals surface area contributed by atoms with E-state index < -0.39 is 0 Å². The molecule has 0 aliphatic heterocycles. The molecule has 0 heteroatoms. The highest BCUT2D eigenvalue weighted by atomic mass is 14.4. The van der Waals surface area contributed by atoms with Crippen LogP contribution in [-0.2, 0) is 0 Å². The van der Waals surface area contributed by atoms with Crippen LogP contribution in [0.2, 0.25) is 0 Å². The molecule has 3 atom stereocenters. The molecule has 0 heterocycles. The maximum Gasteiger partial charge on any atom is -0.0138 e. The molecule has 0 fully saturated rings. The normalized spacial score (nSPS) is 30.2. The van der Waals surface area contributed by atoms with Gasteiger partial charge in [0.15, 0.2) is 0 Å². The summed E-state index contributed by atoms with van der Waals surface area (Å²) in [6.45, 7) is 16.4. The van der Waals surface area contributed by atoms with Gasteiger partial charge < -0.3 is 0 Å². The molecule has 0 spiro atoms. The second-order valence-electron chi connectivity index (χ2n) is 10.8. The lowest BCUT2D eigenvalue weighted by molar-refractivity contribution is 0.223. The summed E-state index contributed by atoms with van der Waals surface area (Å²) in [7, 11) is 0. The van der Waals surface area contributed by atoms with Gasteiger partial charge in [-0.3, -0.25) is 0 Å². The second kappa shape index (κ2) is 11.9. The summed E-state index contributed by atoms with van der Waals surface area (Å²) in [4.78, 5) is 0. The van der Waals surface area contributed by atoms with Crippen molar-refractivity contribution in [3.05, 3.63) is 58.2 Å². The maximum absolute atomic E-state index is 2.63. The fraction of sp³-hybridized carbons (Fsp3) is 0.667. The van der Waals surface area contributed by atoms with Gasteiger partial charge in [-0.25, -0.2) is 0 Å². The summed E-state index contributed by atoms with van der Waals surface area (Å²) in [5, 5.41) is 0. The third-order valence-electron chi connectivity index (χ3n) is 7.58. The van der Waals surface area contributed by atoms with Crippen molar-refractivity contribution in [2.24, 2.45) is 17.3 Å². The SMILES string of the molecule is CC(C)=CCC/C(C)=C/CCC(C)C1=CC[C@]2(C)C/C=C(\C)CC/C=C(\C)CC[C@@H]12. The van der Waals surface area contributed by atoms with E-state index in [2.05, 4.69) is 78.8 Å². The van der Waals surface area contributed by atoms with Crippen molar-refractivity contribution in [1.29, 1.82) is 0 Å². The van der Waals surface area contributed by atoms with E-state index >= 15 is 0 Å². The second-order valence-corrected chi connectivity index (χ2v) is 10.8. The van der Waals surface area contributed by atoms with Crippen LogP contribution in [0.25, 0.3) is 0 Å². The first-order chi connectivity index (χ1) is 14.2. The van der Waals surface area contributed by atoms with Crippen LogP contribution in [0.3, 0.4) is 0 Å². The van der Waals surface area contributed by atoms with Crippen molar-refractivity contribution >= 4 is 0 Å². The molecule has 0 nitrogen and oxygen atoms in total. The lowest BCUT2D eigenvalue weighted by Crippen LogP contribution is -2.25. The summed E-state index contributed by atoms with van der Waals surface area (Å²) in [6.07, 6.45) is 25.0. The van der Waals surface area contributed by atoms with Crippen LogP contribution in [-0.4, -0.2) is 0 Å². The van der Waals surface area contributed by atoms with Crippen LogP contribution in [0, 0.1) is 17.3 Å². The molecule has 2 aliphatic rings.